The highest BCUT2D eigenvalue weighted by Gasteiger charge is 2.27. The van der Waals surface area contributed by atoms with Gasteiger partial charge in [-0.1, -0.05) is 6.92 Å². The van der Waals surface area contributed by atoms with Crippen molar-refractivity contribution in [2.75, 3.05) is 13.1 Å². The maximum atomic E-state index is 11.3. The zero-order chi connectivity index (χ0) is 9.97. The predicted molar refractivity (Wildman–Crippen MR) is 55.9 cm³/mol. The van der Waals surface area contributed by atoms with Crippen LogP contribution in [0.4, 0.5) is 0 Å². The summed E-state index contributed by atoms with van der Waals surface area (Å²) in [5.41, 5.74) is 0. The van der Waals surface area contributed by atoms with Crippen LogP contribution in [0.1, 0.15) is 32.6 Å². The summed E-state index contributed by atoms with van der Waals surface area (Å²) in [5, 5.41) is 6.20. The average Bonchev–Trinajstić information content (AvgIpc) is 2.99. The number of amides is 1. The van der Waals surface area contributed by atoms with Gasteiger partial charge in [0.15, 0.2) is 0 Å². The molecular formula is C11H20N2O. The van der Waals surface area contributed by atoms with Crippen LogP contribution in [0.3, 0.4) is 0 Å². The van der Waals surface area contributed by atoms with Gasteiger partial charge in [0.2, 0.25) is 5.91 Å². The van der Waals surface area contributed by atoms with Crippen LogP contribution in [0, 0.1) is 11.8 Å². The zero-order valence-electron chi connectivity index (χ0n) is 8.88. The van der Waals surface area contributed by atoms with Gasteiger partial charge < -0.3 is 10.6 Å². The smallest absolute Gasteiger partial charge is 0.234 e. The van der Waals surface area contributed by atoms with E-state index in [9.17, 15) is 4.79 Å². The monoisotopic (exact) mass is 196 g/mol. The van der Waals surface area contributed by atoms with Crippen molar-refractivity contribution in [3.05, 3.63) is 0 Å². The van der Waals surface area contributed by atoms with Gasteiger partial charge in [-0.05, 0) is 44.1 Å². The highest BCUT2D eigenvalue weighted by molar-refractivity contribution is 5.78. The Bertz CT molecular complexity index is 209. The number of hydrogen-bond acceptors (Lipinski definition) is 2. The molecule has 0 aromatic rings. The second-order valence-electron chi connectivity index (χ2n) is 4.79. The van der Waals surface area contributed by atoms with Crippen molar-refractivity contribution in [1.29, 1.82) is 0 Å². The van der Waals surface area contributed by atoms with Crippen LogP contribution < -0.4 is 10.6 Å². The highest BCUT2D eigenvalue weighted by Crippen LogP contribution is 2.35. The molecule has 80 valence electrons. The third-order valence-electron chi connectivity index (χ3n) is 3.12. The highest BCUT2D eigenvalue weighted by atomic mass is 16.2. The summed E-state index contributed by atoms with van der Waals surface area (Å²) in [4.78, 5) is 11.3. The van der Waals surface area contributed by atoms with E-state index in [0.717, 1.165) is 18.4 Å². The molecule has 1 amide bonds. The summed E-state index contributed by atoms with van der Waals surface area (Å²) < 4.78 is 0. The first-order valence-corrected chi connectivity index (χ1v) is 5.76. The summed E-state index contributed by atoms with van der Waals surface area (Å²) in [6, 6.07) is 0.491. The summed E-state index contributed by atoms with van der Waals surface area (Å²) >= 11 is 0. The first-order chi connectivity index (χ1) is 6.75. The summed E-state index contributed by atoms with van der Waals surface area (Å²) in [6.07, 6.45) is 5.11. The van der Waals surface area contributed by atoms with E-state index in [4.69, 9.17) is 0 Å². The van der Waals surface area contributed by atoms with Crippen molar-refractivity contribution in [2.24, 2.45) is 11.8 Å². The Hall–Kier alpha value is -0.570. The van der Waals surface area contributed by atoms with Gasteiger partial charge in [0, 0.05) is 6.04 Å². The molecule has 2 aliphatic carbocycles. The number of carbonyl (C=O) groups is 1. The molecule has 0 spiro atoms. The lowest BCUT2D eigenvalue weighted by molar-refractivity contribution is -0.120. The maximum absolute atomic E-state index is 11.3. The second-order valence-corrected chi connectivity index (χ2v) is 4.79. The van der Waals surface area contributed by atoms with E-state index in [1.165, 1.54) is 25.7 Å². The fourth-order valence-corrected chi connectivity index (χ4v) is 1.75. The van der Waals surface area contributed by atoms with Gasteiger partial charge in [0.05, 0.1) is 6.54 Å². The molecule has 0 aromatic carbocycles. The molecule has 3 nitrogen and oxygen atoms in total. The molecule has 2 fully saturated rings. The number of hydrogen-bond donors (Lipinski definition) is 2. The van der Waals surface area contributed by atoms with Gasteiger partial charge in [-0.25, -0.2) is 0 Å². The lowest BCUT2D eigenvalue weighted by Crippen LogP contribution is -2.36. The third kappa shape index (κ3) is 3.29. The fourth-order valence-electron chi connectivity index (χ4n) is 1.75. The van der Waals surface area contributed by atoms with Crippen LogP contribution in [-0.4, -0.2) is 25.0 Å². The Morgan fingerprint density at radius 3 is 2.64 bits per heavy atom. The fraction of sp³-hybridized carbons (Fsp3) is 0.909. The third-order valence-corrected chi connectivity index (χ3v) is 3.12. The molecule has 0 aliphatic heterocycles. The van der Waals surface area contributed by atoms with E-state index in [-0.39, 0.29) is 5.91 Å². The lowest BCUT2D eigenvalue weighted by Gasteiger charge is -2.10. The normalized spacial score (nSPS) is 23.2. The molecule has 0 aromatic heterocycles. The summed E-state index contributed by atoms with van der Waals surface area (Å²) in [7, 11) is 0. The molecule has 1 unspecified atom stereocenters. The van der Waals surface area contributed by atoms with Gasteiger partial charge in [-0.2, -0.15) is 0 Å². The van der Waals surface area contributed by atoms with E-state index in [1.807, 2.05) is 0 Å². The largest absolute Gasteiger partial charge is 0.352 e. The van der Waals surface area contributed by atoms with Crippen LogP contribution in [0.2, 0.25) is 0 Å². The molecule has 0 saturated heterocycles. The minimum absolute atomic E-state index is 0.162. The van der Waals surface area contributed by atoms with Crippen LogP contribution in [-0.2, 0) is 4.79 Å². The van der Waals surface area contributed by atoms with Crippen LogP contribution in [0.15, 0.2) is 0 Å². The molecular weight excluding hydrogens is 176 g/mol. The first kappa shape index (κ1) is 9.97. The molecule has 2 saturated carbocycles. The topological polar surface area (TPSA) is 41.1 Å². The maximum Gasteiger partial charge on any atom is 0.234 e. The molecule has 0 radical (unpaired) electrons. The van der Waals surface area contributed by atoms with Crippen molar-refractivity contribution < 1.29 is 4.79 Å². The Kier molecular flexibility index (Phi) is 3.06. The Balaban J connectivity index is 1.50. The summed E-state index contributed by atoms with van der Waals surface area (Å²) in [5.74, 6) is 1.83. The minimum atomic E-state index is 0.162. The molecule has 2 rings (SSSR count). The van der Waals surface area contributed by atoms with E-state index in [0.29, 0.717) is 12.6 Å². The average molecular weight is 196 g/mol. The van der Waals surface area contributed by atoms with Crippen LogP contribution >= 0.6 is 0 Å². The van der Waals surface area contributed by atoms with E-state index in [2.05, 4.69) is 17.6 Å². The predicted octanol–water partition coefficient (Wildman–Crippen LogP) is 0.901. The SMILES string of the molecule is CC(CNCC(=O)NC1CC1)C1CC1. The Morgan fingerprint density at radius 2 is 2.07 bits per heavy atom. The van der Waals surface area contributed by atoms with Crippen LogP contribution in [0.25, 0.3) is 0 Å². The van der Waals surface area contributed by atoms with Gasteiger partial charge in [-0.3, -0.25) is 4.79 Å². The van der Waals surface area contributed by atoms with Crippen molar-refractivity contribution >= 4 is 5.91 Å². The van der Waals surface area contributed by atoms with Gasteiger partial charge in [0.25, 0.3) is 0 Å². The molecule has 3 heteroatoms. The van der Waals surface area contributed by atoms with Gasteiger partial charge in [-0.15, -0.1) is 0 Å². The van der Waals surface area contributed by atoms with E-state index >= 15 is 0 Å². The van der Waals surface area contributed by atoms with Crippen LogP contribution in [0.5, 0.6) is 0 Å². The van der Waals surface area contributed by atoms with Crippen molar-refractivity contribution in [3.8, 4) is 0 Å². The van der Waals surface area contributed by atoms with Gasteiger partial charge >= 0.3 is 0 Å². The second kappa shape index (κ2) is 4.30. The van der Waals surface area contributed by atoms with E-state index in [1.54, 1.807) is 0 Å². The summed E-state index contributed by atoms with van der Waals surface area (Å²) in [6.45, 7) is 3.75. The number of rotatable bonds is 6. The lowest BCUT2D eigenvalue weighted by atomic mass is 10.1. The standard InChI is InChI=1S/C11H20N2O/c1-8(9-2-3-9)6-12-7-11(14)13-10-4-5-10/h8-10,12H,2-7H2,1H3,(H,13,14). The Morgan fingerprint density at radius 1 is 1.36 bits per heavy atom. The Labute approximate surface area is 85.6 Å². The van der Waals surface area contributed by atoms with Gasteiger partial charge in [0.1, 0.15) is 0 Å². The molecule has 1 atom stereocenters. The molecule has 0 bridgehead atoms. The van der Waals surface area contributed by atoms with Crippen molar-refractivity contribution in [2.45, 2.75) is 38.6 Å². The molecule has 2 aliphatic rings. The van der Waals surface area contributed by atoms with E-state index < -0.39 is 0 Å². The van der Waals surface area contributed by atoms with Crippen molar-refractivity contribution in [1.82, 2.24) is 10.6 Å². The number of nitrogens with one attached hydrogen (secondary N) is 2. The molecule has 0 heterocycles. The van der Waals surface area contributed by atoms with Crippen molar-refractivity contribution in [3.63, 3.8) is 0 Å². The number of carbonyl (C=O) groups excluding carboxylic acids is 1. The quantitative estimate of drug-likeness (QED) is 0.662. The zero-order valence-corrected chi connectivity index (χ0v) is 8.88. The molecule has 2 N–H and O–H groups in total. The first-order valence-electron chi connectivity index (χ1n) is 5.76. The minimum Gasteiger partial charge on any atom is -0.352 e. The molecule has 14 heavy (non-hydrogen) atoms.